The quantitative estimate of drug-likeness (QED) is 0.694. The van der Waals surface area contributed by atoms with Gasteiger partial charge in [-0.3, -0.25) is 9.48 Å². The molecule has 31 heavy (non-hydrogen) atoms. The van der Waals surface area contributed by atoms with Crippen LogP contribution < -0.4 is 5.32 Å². The molecular weight excluding hydrogens is 384 g/mol. The molecule has 5 heteroatoms. The molecule has 1 amide bonds. The molecule has 1 N–H and O–H groups in total. The van der Waals surface area contributed by atoms with Gasteiger partial charge in [0.05, 0.1) is 12.1 Å². The van der Waals surface area contributed by atoms with Crippen LogP contribution in [-0.4, -0.2) is 46.3 Å². The third kappa shape index (κ3) is 4.02. The zero-order valence-corrected chi connectivity index (χ0v) is 18.1. The van der Waals surface area contributed by atoms with Gasteiger partial charge in [0.1, 0.15) is 0 Å². The number of aromatic nitrogens is 2. The first-order valence-electron chi connectivity index (χ1n) is 11.3. The van der Waals surface area contributed by atoms with Gasteiger partial charge in [-0.2, -0.15) is 5.10 Å². The smallest absolute Gasteiger partial charge is 0.227 e. The summed E-state index contributed by atoms with van der Waals surface area (Å²) in [6.45, 7) is 2.47. The van der Waals surface area contributed by atoms with E-state index in [1.165, 1.54) is 16.7 Å². The number of rotatable bonds is 5. The molecule has 2 fully saturated rings. The van der Waals surface area contributed by atoms with Gasteiger partial charge < -0.3 is 10.2 Å². The molecule has 5 nitrogen and oxygen atoms in total. The minimum Gasteiger partial charge on any atom is -0.339 e. The lowest BCUT2D eigenvalue weighted by atomic mass is 9.84. The highest BCUT2D eigenvalue weighted by atomic mass is 16.2. The highest BCUT2D eigenvalue weighted by molar-refractivity contribution is 5.82. The Bertz CT molecular complexity index is 1040. The number of nitrogens with one attached hydrogen (secondary N) is 1. The van der Waals surface area contributed by atoms with E-state index < -0.39 is 0 Å². The Morgan fingerprint density at radius 2 is 1.90 bits per heavy atom. The molecule has 0 saturated carbocycles. The van der Waals surface area contributed by atoms with Crippen LogP contribution in [0.25, 0.3) is 11.1 Å². The first-order chi connectivity index (χ1) is 15.2. The Balaban J connectivity index is 1.39. The van der Waals surface area contributed by atoms with Gasteiger partial charge in [-0.25, -0.2) is 0 Å². The molecule has 5 rings (SSSR count). The minimum atomic E-state index is -0.0193. The lowest BCUT2D eigenvalue weighted by molar-refractivity contribution is -0.136. The van der Waals surface area contributed by atoms with Crippen molar-refractivity contribution in [2.45, 2.75) is 31.2 Å². The number of hydrogen-bond donors (Lipinski definition) is 1. The van der Waals surface area contributed by atoms with Gasteiger partial charge in [-0.1, -0.05) is 54.6 Å². The molecule has 1 unspecified atom stereocenters. The van der Waals surface area contributed by atoms with Crippen molar-refractivity contribution in [2.75, 3.05) is 19.6 Å². The van der Waals surface area contributed by atoms with E-state index in [1.807, 2.05) is 17.9 Å². The van der Waals surface area contributed by atoms with E-state index in [0.29, 0.717) is 11.9 Å². The molecule has 2 aliphatic heterocycles. The van der Waals surface area contributed by atoms with Gasteiger partial charge in [0.25, 0.3) is 0 Å². The summed E-state index contributed by atoms with van der Waals surface area (Å²) in [5.41, 5.74) is 4.86. The van der Waals surface area contributed by atoms with Crippen LogP contribution in [0.3, 0.4) is 0 Å². The van der Waals surface area contributed by atoms with Crippen LogP contribution in [0.4, 0.5) is 0 Å². The first-order valence-corrected chi connectivity index (χ1v) is 11.3. The highest BCUT2D eigenvalue weighted by Crippen LogP contribution is 2.37. The summed E-state index contributed by atoms with van der Waals surface area (Å²) in [7, 11) is 1.94. The molecule has 2 saturated heterocycles. The van der Waals surface area contributed by atoms with E-state index in [2.05, 4.69) is 76.1 Å². The Morgan fingerprint density at radius 3 is 2.71 bits per heavy atom. The topological polar surface area (TPSA) is 50.2 Å². The minimum absolute atomic E-state index is 0.0193. The maximum atomic E-state index is 13.8. The molecule has 3 atom stereocenters. The van der Waals surface area contributed by atoms with Crippen LogP contribution in [-0.2, 0) is 18.3 Å². The molecule has 0 spiro atoms. The molecule has 3 aromatic rings. The van der Waals surface area contributed by atoms with E-state index in [9.17, 15) is 4.79 Å². The molecule has 2 aromatic carbocycles. The second-order valence-corrected chi connectivity index (χ2v) is 8.88. The summed E-state index contributed by atoms with van der Waals surface area (Å²) < 4.78 is 1.83. The molecule has 2 aliphatic rings. The zero-order chi connectivity index (χ0) is 21.2. The average Bonchev–Trinajstić information content (AvgIpc) is 3.55. The molecule has 0 bridgehead atoms. The zero-order valence-electron chi connectivity index (χ0n) is 18.1. The molecule has 160 valence electrons. The summed E-state index contributed by atoms with van der Waals surface area (Å²) in [6, 6.07) is 19.4. The Morgan fingerprint density at radius 1 is 1.10 bits per heavy atom. The Labute approximate surface area is 184 Å². The maximum Gasteiger partial charge on any atom is 0.227 e. The number of carbonyl (C=O) groups excluding carboxylic acids is 1. The number of nitrogens with zero attached hydrogens (tertiary/aromatic N) is 3. The fourth-order valence-electron chi connectivity index (χ4n) is 5.35. The molecule has 0 aliphatic carbocycles. The van der Waals surface area contributed by atoms with Crippen molar-refractivity contribution < 1.29 is 4.79 Å². The maximum absolute atomic E-state index is 13.8. The van der Waals surface area contributed by atoms with Gasteiger partial charge in [-0.05, 0) is 36.0 Å². The molecule has 1 aromatic heterocycles. The van der Waals surface area contributed by atoms with Crippen molar-refractivity contribution in [1.29, 1.82) is 0 Å². The third-order valence-corrected chi connectivity index (χ3v) is 6.88. The number of hydrogen-bond acceptors (Lipinski definition) is 3. The van der Waals surface area contributed by atoms with E-state index in [1.54, 1.807) is 0 Å². The van der Waals surface area contributed by atoms with Crippen molar-refractivity contribution in [2.24, 2.45) is 13.0 Å². The molecular formula is C26H30N4O. The second kappa shape index (κ2) is 8.67. The van der Waals surface area contributed by atoms with Gasteiger partial charge in [0.2, 0.25) is 5.91 Å². The van der Waals surface area contributed by atoms with Crippen LogP contribution in [0.15, 0.2) is 67.0 Å². The van der Waals surface area contributed by atoms with Crippen molar-refractivity contribution in [3.8, 4) is 11.1 Å². The standard InChI is InChI=1S/C26H30N4O/c1-29-18-20(15-28-29)22-11-5-6-12-23(22)24-16-27-17-25(24)26(31)30-13-7-10-21(30)14-19-8-3-2-4-9-19/h2-6,8-9,11-12,15,18,21,24-25,27H,7,10,13-14,16-17H2,1H3/t21?,24-,25-/m1/s1. The first kappa shape index (κ1) is 20.0. The van der Waals surface area contributed by atoms with E-state index in [-0.39, 0.29) is 11.8 Å². The lowest BCUT2D eigenvalue weighted by Crippen LogP contribution is -2.42. The monoisotopic (exact) mass is 414 g/mol. The fourth-order valence-corrected chi connectivity index (χ4v) is 5.35. The van der Waals surface area contributed by atoms with Crippen LogP contribution in [0.5, 0.6) is 0 Å². The molecule has 3 heterocycles. The number of aryl methyl sites for hydroxylation is 1. The number of benzene rings is 2. The van der Waals surface area contributed by atoms with Crippen molar-refractivity contribution >= 4 is 5.91 Å². The number of likely N-dealkylation sites (tertiary alicyclic amines) is 1. The summed E-state index contributed by atoms with van der Waals surface area (Å²) in [5, 5.41) is 7.86. The summed E-state index contributed by atoms with van der Waals surface area (Å²) in [4.78, 5) is 15.9. The van der Waals surface area contributed by atoms with Crippen molar-refractivity contribution in [3.63, 3.8) is 0 Å². The van der Waals surface area contributed by atoms with E-state index >= 15 is 0 Å². The summed E-state index contributed by atoms with van der Waals surface area (Å²) >= 11 is 0. The Hall–Kier alpha value is -2.92. The predicted molar refractivity (Wildman–Crippen MR) is 123 cm³/mol. The number of carbonyl (C=O) groups is 1. The number of amides is 1. The third-order valence-electron chi connectivity index (χ3n) is 6.88. The largest absolute Gasteiger partial charge is 0.339 e. The van der Waals surface area contributed by atoms with Gasteiger partial charge in [0.15, 0.2) is 0 Å². The van der Waals surface area contributed by atoms with Crippen molar-refractivity contribution in [1.82, 2.24) is 20.0 Å². The van der Waals surface area contributed by atoms with E-state index in [4.69, 9.17) is 0 Å². The van der Waals surface area contributed by atoms with Gasteiger partial charge in [-0.15, -0.1) is 0 Å². The Kier molecular flexibility index (Phi) is 5.60. The average molecular weight is 415 g/mol. The SMILES string of the molecule is Cn1cc(-c2ccccc2[C@H]2CNC[C@H]2C(=O)N2CCCC2Cc2ccccc2)cn1. The van der Waals surface area contributed by atoms with Gasteiger partial charge in [0, 0.05) is 50.4 Å². The van der Waals surface area contributed by atoms with Crippen LogP contribution in [0, 0.1) is 5.92 Å². The fraction of sp³-hybridized carbons (Fsp3) is 0.385. The van der Waals surface area contributed by atoms with Crippen molar-refractivity contribution in [3.05, 3.63) is 78.1 Å². The van der Waals surface area contributed by atoms with Gasteiger partial charge >= 0.3 is 0 Å². The predicted octanol–water partition coefficient (Wildman–Crippen LogP) is 3.62. The molecule has 0 radical (unpaired) electrons. The van der Waals surface area contributed by atoms with Crippen LogP contribution in [0.2, 0.25) is 0 Å². The normalized spacial score (nSPS) is 23.4. The van der Waals surface area contributed by atoms with Crippen LogP contribution in [0.1, 0.15) is 29.9 Å². The van der Waals surface area contributed by atoms with Crippen LogP contribution >= 0.6 is 0 Å². The van der Waals surface area contributed by atoms with E-state index in [0.717, 1.165) is 44.5 Å². The summed E-state index contributed by atoms with van der Waals surface area (Å²) in [5.74, 6) is 0.477. The second-order valence-electron chi connectivity index (χ2n) is 8.88. The summed E-state index contributed by atoms with van der Waals surface area (Å²) in [6.07, 6.45) is 7.10. The highest BCUT2D eigenvalue weighted by Gasteiger charge is 2.40. The lowest BCUT2D eigenvalue weighted by Gasteiger charge is -2.30.